The van der Waals surface area contributed by atoms with Crippen LogP contribution in [0.5, 0.6) is 5.88 Å². The van der Waals surface area contributed by atoms with Gasteiger partial charge in [0.05, 0.1) is 11.5 Å². The van der Waals surface area contributed by atoms with Gasteiger partial charge in [0.2, 0.25) is 0 Å². The van der Waals surface area contributed by atoms with E-state index in [2.05, 4.69) is 11.2 Å². The fourth-order valence-electron chi connectivity index (χ4n) is 5.65. The van der Waals surface area contributed by atoms with Gasteiger partial charge in [-0.1, -0.05) is 12.1 Å². The second-order valence-corrected chi connectivity index (χ2v) is 10.3. The average molecular weight is 464 g/mol. The molecular formula is C24H24N4O6. The highest BCUT2D eigenvalue weighted by atomic mass is 16.8. The number of benzene rings is 1. The minimum absolute atomic E-state index is 0.0604. The van der Waals surface area contributed by atoms with E-state index >= 15 is 0 Å². The SMILES string of the molecule is CC1N(c2ccc([C@@]3(C#N)C4CN(C(=O)OC(C)(C)C)C[C@H]43)cc2)C(=O)O[C@@]12Oc1nocc12. The van der Waals surface area contributed by atoms with Gasteiger partial charge in [-0.25, -0.2) is 9.59 Å². The number of rotatable bonds is 2. The van der Waals surface area contributed by atoms with Gasteiger partial charge < -0.3 is 23.6 Å². The largest absolute Gasteiger partial charge is 0.444 e. The molecule has 3 fully saturated rings. The van der Waals surface area contributed by atoms with Gasteiger partial charge in [0.15, 0.2) is 0 Å². The van der Waals surface area contributed by atoms with Gasteiger partial charge >= 0.3 is 18.0 Å². The van der Waals surface area contributed by atoms with E-state index in [9.17, 15) is 14.9 Å². The zero-order valence-corrected chi connectivity index (χ0v) is 19.3. The summed E-state index contributed by atoms with van der Waals surface area (Å²) in [5.41, 5.74) is 0.939. The third-order valence-electron chi connectivity index (χ3n) is 7.37. The molecule has 4 aliphatic rings. The number of aromatic nitrogens is 1. The average Bonchev–Trinajstić information content (AvgIpc) is 3.14. The minimum atomic E-state index is -1.22. The van der Waals surface area contributed by atoms with Crippen LogP contribution in [0.15, 0.2) is 35.1 Å². The molecule has 176 valence electrons. The van der Waals surface area contributed by atoms with E-state index in [1.807, 2.05) is 52.0 Å². The molecule has 0 N–H and O–H groups in total. The monoisotopic (exact) mass is 464 g/mol. The van der Waals surface area contributed by atoms with E-state index in [-0.39, 0.29) is 17.9 Å². The summed E-state index contributed by atoms with van der Waals surface area (Å²) < 4.78 is 21.6. The van der Waals surface area contributed by atoms with Gasteiger partial charge in [0.1, 0.15) is 23.5 Å². The Morgan fingerprint density at radius 1 is 1.21 bits per heavy atom. The van der Waals surface area contributed by atoms with Crippen molar-refractivity contribution in [2.75, 3.05) is 18.0 Å². The molecule has 5 atom stereocenters. The number of likely N-dealkylation sites (tertiary alicyclic amines) is 1. The van der Waals surface area contributed by atoms with Crippen LogP contribution in [0, 0.1) is 23.2 Å². The first-order chi connectivity index (χ1) is 16.1. The first kappa shape index (κ1) is 20.8. The van der Waals surface area contributed by atoms with Crippen molar-refractivity contribution in [2.45, 2.75) is 50.5 Å². The summed E-state index contributed by atoms with van der Waals surface area (Å²) in [7, 11) is 0. The number of ether oxygens (including phenoxy) is 3. The molecule has 34 heavy (non-hydrogen) atoms. The van der Waals surface area contributed by atoms with E-state index in [0.717, 1.165) is 5.56 Å². The molecule has 2 unspecified atom stereocenters. The Hall–Kier alpha value is -3.74. The van der Waals surface area contributed by atoms with Crippen molar-refractivity contribution in [3.05, 3.63) is 41.7 Å². The van der Waals surface area contributed by atoms with Crippen LogP contribution in [0.1, 0.15) is 38.8 Å². The third-order valence-corrected chi connectivity index (χ3v) is 7.37. The van der Waals surface area contributed by atoms with Crippen LogP contribution >= 0.6 is 0 Å². The summed E-state index contributed by atoms with van der Waals surface area (Å²) in [5, 5.41) is 13.8. The van der Waals surface area contributed by atoms with Crippen molar-refractivity contribution in [1.29, 1.82) is 5.26 Å². The van der Waals surface area contributed by atoms with Crippen LogP contribution in [0.25, 0.3) is 0 Å². The number of hydrogen-bond acceptors (Lipinski definition) is 8. The van der Waals surface area contributed by atoms with Crippen LogP contribution in [0.4, 0.5) is 15.3 Å². The van der Waals surface area contributed by atoms with Gasteiger partial charge in [-0.15, -0.1) is 0 Å². The molecule has 10 nitrogen and oxygen atoms in total. The molecule has 2 amide bonds. The maximum Gasteiger partial charge on any atom is 0.418 e. The summed E-state index contributed by atoms with van der Waals surface area (Å²) in [6.45, 7) is 8.33. The van der Waals surface area contributed by atoms with Crippen molar-refractivity contribution in [3.63, 3.8) is 0 Å². The zero-order valence-electron chi connectivity index (χ0n) is 19.3. The Kier molecular flexibility index (Phi) is 3.94. The molecule has 1 saturated carbocycles. The highest BCUT2D eigenvalue weighted by molar-refractivity contribution is 5.91. The normalized spacial score (nSPS) is 32.9. The second kappa shape index (κ2) is 6.44. The number of anilines is 1. The molecule has 10 heteroatoms. The standard InChI is InChI=1S/C24H24N4O6/c1-13-24(18-11-31-26-19(18)32-24)34-21(30)28(13)15-7-5-14(6-8-15)23(12-25)16-9-27(10-17(16)23)20(29)33-22(2,3)4/h5-8,11,13,16-17H,9-10H2,1-4H3/t13?,16-,17?,23-,24+/m1/s1. The van der Waals surface area contributed by atoms with E-state index in [1.165, 1.54) is 11.2 Å². The Balaban J connectivity index is 1.19. The van der Waals surface area contributed by atoms with Gasteiger partial charge in [-0.2, -0.15) is 5.26 Å². The molecule has 1 aromatic heterocycles. The van der Waals surface area contributed by atoms with Crippen molar-refractivity contribution in [3.8, 4) is 11.9 Å². The van der Waals surface area contributed by atoms with Crippen molar-refractivity contribution in [1.82, 2.24) is 10.1 Å². The quantitative estimate of drug-likeness (QED) is 0.662. The first-order valence-electron chi connectivity index (χ1n) is 11.3. The number of amides is 2. The molecular weight excluding hydrogens is 440 g/mol. The first-order valence-corrected chi connectivity index (χ1v) is 11.3. The van der Waals surface area contributed by atoms with Crippen LogP contribution in [-0.4, -0.2) is 47.0 Å². The Labute approximate surface area is 195 Å². The summed E-state index contributed by atoms with van der Waals surface area (Å²) in [4.78, 5) is 28.3. The van der Waals surface area contributed by atoms with Crippen LogP contribution < -0.4 is 9.64 Å². The van der Waals surface area contributed by atoms with Crippen LogP contribution in [0.2, 0.25) is 0 Å². The molecule has 1 aromatic carbocycles. The molecule has 0 bridgehead atoms. The third kappa shape index (κ3) is 2.58. The summed E-state index contributed by atoms with van der Waals surface area (Å²) in [6, 6.07) is 9.46. The highest BCUT2D eigenvalue weighted by Gasteiger charge is 2.71. The summed E-state index contributed by atoms with van der Waals surface area (Å²) in [6.07, 6.45) is 0.558. The molecule has 6 rings (SSSR count). The molecule has 3 aliphatic heterocycles. The molecule has 2 saturated heterocycles. The fourth-order valence-corrected chi connectivity index (χ4v) is 5.65. The van der Waals surface area contributed by atoms with Crippen LogP contribution in [0.3, 0.4) is 0 Å². The number of nitrogens with zero attached hydrogens (tertiary/aromatic N) is 4. The van der Waals surface area contributed by atoms with E-state index in [1.54, 1.807) is 4.90 Å². The number of hydrogen-bond donors (Lipinski definition) is 0. The number of piperidine rings is 1. The van der Waals surface area contributed by atoms with Crippen molar-refractivity contribution >= 4 is 17.9 Å². The maximum absolute atomic E-state index is 12.7. The fraction of sp³-hybridized carbons (Fsp3) is 0.500. The predicted molar refractivity (Wildman–Crippen MR) is 116 cm³/mol. The smallest absolute Gasteiger partial charge is 0.418 e. The predicted octanol–water partition coefficient (Wildman–Crippen LogP) is 3.52. The molecule has 2 aromatic rings. The van der Waals surface area contributed by atoms with Gasteiger partial charge in [-0.3, -0.25) is 4.90 Å². The van der Waals surface area contributed by atoms with E-state index < -0.39 is 28.9 Å². The Bertz CT molecular complexity index is 1230. The Morgan fingerprint density at radius 3 is 2.47 bits per heavy atom. The molecule has 1 aliphatic carbocycles. The summed E-state index contributed by atoms with van der Waals surface area (Å²) >= 11 is 0. The zero-order chi connectivity index (χ0) is 24.0. The van der Waals surface area contributed by atoms with Crippen LogP contribution in [-0.2, 0) is 20.7 Å². The number of nitriles is 1. The molecule has 4 heterocycles. The minimum Gasteiger partial charge on any atom is -0.444 e. The van der Waals surface area contributed by atoms with Gasteiger partial charge in [0.25, 0.3) is 5.88 Å². The second-order valence-electron chi connectivity index (χ2n) is 10.3. The summed E-state index contributed by atoms with van der Waals surface area (Å²) in [5.74, 6) is -0.777. The van der Waals surface area contributed by atoms with Gasteiger partial charge in [-0.05, 0) is 50.5 Å². The van der Waals surface area contributed by atoms with E-state index in [4.69, 9.17) is 18.7 Å². The maximum atomic E-state index is 12.7. The molecule has 0 radical (unpaired) electrons. The lowest BCUT2D eigenvalue weighted by Crippen LogP contribution is -2.51. The lowest BCUT2D eigenvalue weighted by molar-refractivity contribution is -0.170. The number of carbonyl (C=O) groups excluding carboxylic acids is 2. The van der Waals surface area contributed by atoms with E-state index in [0.29, 0.717) is 30.2 Å². The van der Waals surface area contributed by atoms with Gasteiger partial charge in [0, 0.05) is 30.6 Å². The number of carbonyl (C=O) groups is 2. The number of fused-ring (bicyclic) bond motifs is 3. The highest BCUT2D eigenvalue weighted by Crippen LogP contribution is 2.63. The molecule has 1 spiro atoms. The van der Waals surface area contributed by atoms with Crippen molar-refractivity contribution < 1.29 is 28.3 Å². The lowest BCUT2D eigenvalue weighted by Gasteiger charge is -2.37. The van der Waals surface area contributed by atoms with Crippen molar-refractivity contribution in [2.24, 2.45) is 11.8 Å². The Morgan fingerprint density at radius 2 is 1.88 bits per heavy atom. The topological polar surface area (TPSA) is 118 Å². The lowest BCUT2D eigenvalue weighted by atomic mass is 9.91.